The number of thiazole rings is 1. The van der Waals surface area contributed by atoms with E-state index in [1.54, 1.807) is 29.8 Å². The zero-order chi connectivity index (χ0) is 13.9. The summed E-state index contributed by atoms with van der Waals surface area (Å²) >= 11 is 7.49. The fourth-order valence-electron chi connectivity index (χ4n) is 1.86. The number of hydrogen-bond donors (Lipinski definition) is 1. The highest BCUT2D eigenvalue weighted by Crippen LogP contribution is 2.28. The van der Waals surface area contributed by atoms with Crippen LogP contribution in [0.1, 0.15) is 12.6 Å². The molecule has 0 unspecified atom stereocenters. The first kappa shape index (κ1) is 13.4. The number of aromatic nitrogens is 3. The lowest BCUT2D eigenvalue weighted by molar-refractivity contribution is 0.454. The van der Waals surface area contributed by atoms with E-state index in [1.807, 2.05) is 16.0 Å². The van der Waals surface area contributed by atoms with Gasteiger partial charge in [0.25, 0.3) is 0 Å². The highest BCUT2D eigenvalue weighted by atomic mass is 35.5. The lowest BCUT2D eigenvalue weighted by atomic mass is 10.4. The lowest BCUT2D eigenvalue weighted by Gasteiger charge is -2.06. The second-order valence-electron chi connectivity index (χ2n) is 4.14. The summed E-state index contributed by atoms with van der Waals surface area (Å²) in [5, 5.41) is 5.83. The largest absolute Gasteiger partial charge is 0.435 e. The van der Waals surface area contributed by atoms with E-state index in [1.165, 1.54) is 0 Å². The molecule has 0 spiro atoms. The summed E-state index contributed by atoms with van der Waals surface area (Å²) in [7, 11) is 0. The summed E-state index contributed by atoms with van der Waals surface area (Å²) in [5.41, 5.74) is 0.989. The summed E-state index contributed by atoms with van der Waals surface area (Å²) in [5.74, 6) is 1.17. The van der Waals surface area contributed by atoms with Crippen molar-refractivity contribution in [3.63, 3.8) is 0 Å². The lowest BCUT2D eigenvalue weighted by Crippen LogP contribution is -2.13. The molecule has 1 N–H and O–H groups in total. The molecule has 0 aliphatic carbocycles. The van der Waals surface area contributed by atoms with E-state index in [-0.39, 0.29) is 0 Å². The number of imidazole rings is 1. The predicted molar refractivity (Wildman–Crippen MR) is 79.8 cm³/mol. The Morgan fingerprint density at radius 3 is 3.15 bits per heavy atom. The van der Waals surface area contributed by atoms with Crippen molar-refractivity contribution in [2.45, 2.75) is 13.5 Å². The summed E-state index contributed by atoms with van der Waals surface area (Å²) in [6.07, 6.45) is 5.18. The maximum Gasteiger partial charge on any atom is 0.243 e. The normalized spacial score (nSPS) is 11.1. The second kappa shape index (κ2) is 5.78. The average Bonchev–Trinajstić information content (AvgIpc) is 2.98. The fraction of sp³-hybridized carbons (Fsp3) is 0.231. The van der Waals surface area contributed by atoms with E-state index < -0.39 is 0 Å². The number of ether oxygens (including phenoxy) is 1. The topological polar surface area (TPSA) is 51.5 Å². The average molecular weight is 309 g/mol. The Labute approximate surface area is 125 Å². The van der Waals surface area contributed by atoms with Crippen molar-refractivity contribution in [1.29, 1.82) is 0 Å². The first-order valence-electron chi connectivity index (χ1n) is 6.21. The minimum Gasteiger partial charge on any atom is -0.435 e. The van der Waals surface area contributed by atoms with E-state index in [0.717, 1.165) is 17.2 Å². The molecular formula is C13H13ClN4OS. The van der Waals surface area contributed by atoms with Crippen LogP contribution in [0.4, 0.5) is 0 Å². The van der Waals surface area contributed by atoms with Gasteiger partial charge in [-0.3, -0.25) is 9.38 Å². The minimum atomic E-state index is 0.539. The molecule has 0 bridgehead atoms. The zero-order valence-electron chi connectivity index (χ0n) is 10.8. The highest BCUT2D eigenvalue weighted by Gasteiger charge is 2.15. The van der Waals surface area contributed by atoms with Crippen molar-refractivity contribution < 1.29 is 4.74 Å². The first-order valence-corrected chi connectivity index (χ1v) is 7.47. The van der Waals surface area contributed by atoms with Crippen molar-refractivity contribution >= 4 is 27.9 Å². The summed E-state index contributed by atoms with van der Waals surface area (Å²) in [6.45, 7) is 3.64. The van der Waals surface area contributed by atoms with Crippen LogP contribution in [0.25, 0.3) is 4.96 Å². The number of fused-ring (bicyclic) bond motifs is 1. The van der Waals surface area contributed by atoms with Gasteiger partial charge >= 0.3 is 0 Å². The van der Waals surface area contributed by atoms with Crippen LogP contribution in [0.3, 0.4) is 0 Å². The number of nitrogens with one attached hydrogen (secondary N) is 1. The second-order valence-corrected chi connectivity index (χ2v) is 5.45. The highest BCUT2D eigenvalue weighted by molar-refractivity contribution is 7.15. The Bertz CT molecular complexity index is 724. The summed E-state index contributed by atoms with van der Waals surface area (Å²) in [4.78, 5) is 9.41. The third-order valence-electron chi connectivity index (χ3n) is 2.76. The molecule has 0 atom stereocenters. The van der Waals surface area contributed by atoms with E-state index in [4.69, 9.17) is 16.3 Å². The van der Waals surface area contributed by atoms with E-state index in [2.05, 4.69) is 22.2 Å². The molecule has 0 aliphatic heterocycles. The van der Waals surface area contributed by atoms with E-state index in [9.17, 15) is 0 Å². The molecular weight excluding hydrogens is 296 g/mol. The predicted octanol–water partition coefficient (Wildman–Crippen LogP) is 3.35. The number of nitrogens with zero attached hydrogens (tertiary/aromatic N) is 3. The quantitative estimate of drug-likeness (QED) is 0.785. The van der Waals surface area contributed by atoms with Gasteiger partial charge in [0.15, 0.2) is 4.96 Å². The minimum absolute atomic E-state index is 0.539. The van der Waals surface area contributed by atoms with Crippen LogP contribution in [0.2, 0.25) is 5.02 Å². The van der Waals surface area contributed by atoms with Gasteiger partial charge in [-0.2, -0.15) is 4.98 Å². The van der Waals surface area contributed by atoms with Gasteiger partial charge < -0.3 is 10.1 Å². The Balaban J connectivity index is 1.95. The SMILES string of the molecule is CCNCc1c(Oc2cncc(Cl)c2)nc2sccn12. The van der Waals surface area contributed by atoms with Crippen molar-refractivity contribution in [1.82, 2.24) is 19.7 Å². The molecule has 7 heteroatoms. The zero-order valence-corrected chi connectivity index (χ0v) is 12.4. The number of halogens is 1. The molecule has 0 aliphatic rings. The molecule has 104 valence electrons. The summed E-state index contributed by atoms with van der Waals surface area (Å²) < 4.78 is 7.85. The number of pyridine rings is 1. The Morgan fingerprint density at radius 1 is 1.45 bits per heavy atom. The molecule has 3 aromatic heterocycles. The maximum absolute atomic E-state index is 5.91. The van der Waals surface area contributed by atoms with Crippen LogP contribution in [-0.4, -0.2) is 20.9 Å². The smallest absolute Gasteiger partial charge is 0.243 e. The van der Waals surface area contributed by atoms with Gasteiger partial charge in [-0.15, -0.1) is 11.3 Å². The third-order valence-corrected chi connectivity index (χ3v) is 3.72. The van der Waals surface area contributed by atoms with Crippen LogP contribution >= 0.6 is 22.9 Å². The van der Waals surface area contributed by atoms with Gasteiger partial charge in [-0.25, -0.2) is 0 Å². The van der Waals surface area contributed by atoms with Gasteiger partial charge in [0.05, 0.1) is 11.2 Å². The molecule has 0 saturated heterocycles. The maximum atomic E-state index is 5.91. The van der Waals surface area contributed by atoms with Gasteiger partial charge in [0.1, 0.15) is 11.4 Å². The molecule has 0 fully saturated rings. The van der Waals surface area contributed by atoms with Crippen molar-refractivity contribution in [2.75, 3.05) is 6.54 Å². The van der Waals surface area contributed by atoms with Crippen LogP contribution in [-0.2, 0) is 6.54 Å². The molecule has 3 aromatic rings. The van der Waals surface area contributed by atoms with Gasteiger partial charge in [-0.1, -0.05) is 18.5 Å². The number of hydrogen-bond acceptors (Lipinski definition) is 5. The van der Waals surface area contributed by atoms with Crippen LogP contribution in [0.15, 0.2) is 30.0 Å². The van der Waals surface area contributed by atoms with Crippen molar-refractivity contribution in [2.24, 2.45) is 0 Å². The molecule has 5 nitrogen and oxygen atoms in total. The summed E-state index contributed by atoms with van der Waals surface area (Å²) in [6, 6.07) is 1.72. The van der Waals surface area contributed by atoms with Gasteiger partial charge in [0.2, 0.25) is 5.88 Å². The fourth-order valence-corrected chi connectivity index (χ4v) is 2.75. The van der Waals surface area contributed by atoms with Crippen LogP contribution in [0.5, 0.6) is 11.6 Å². The van der Waals surface area contributed by atoms with Gasteiger partial charge in [0, 0.05) is 30.4 Å². The van der Waals surface area contributed by atoms with Crippen LogP contribution < -0.4 is 10.1 Å². The Kier molecular flexibility index (Phi) is 3.86. The van der Waals surface area contributed by atoms with Crippen LogP contribution in [0, 0.1) is 0 Å². The Morgan fingerprint density at radius 2 is 2.35 bits per heavy atom. The van der Waals surface area contributed by atoms with Gasteiger partial charge in [-0.05, 0) is 6.54 Å². The van der Waals surface area contributed by atoms with E-state index in [0.29, 0.717) is 23.2 Å². The van der Waals surface area contributed by atoms with Crippen molar-refractivity contribution in [3.05, 3.63) is 40.8 Å². The number of rotatable bonds is 5. The first-order chi connectivity index (χ1) is 9.78. The van der Waals surface area contributed by atoms with Crippen molar-refractivity contribution in [3.8, 4) is 11.6 Å². The monoisotopic (exact) mass is 308 g/mol. The molecule has 3 rings (SSSR count). The molecule has 0 saturated carbocycles. The molecule has 0 aromatic carbocycles. The molecule has 3 heterocycles. The molecule has 20 heavy (non-hydrogen) atoms. The standard InChI is InChI=1S/C13H13ClN4OS/c1-2-15-8-11-12(17-13-18(11)3-4-20-13)19-10-5-9(14)6-16-7-10/h3-7,15H,2,8H2,1H3. The molecule has 0 radical (unpaired) electrons. The van der Waals surface area contributed by atoms with E-state index >= 15 is 0 Å². The Hall–Kier alpha value is -1.63. The molecule has 0 amide bonds. The third kappa shape index (κ3) is 2.63.